The third-order valence-corrected chi connectivity index (χ3v) is 4.75. The zero-order valence-electron chi connectivity index (χ0n) is 16.2. The van der Waals surface area contributed by atoms with E-state index in [1.807, 2.05) is 54.6 Å². The van der Waals surface area contributed by atoms with E-state index in [0.717, 1.165) is 28.7 Å². The quantitative estimate of drug-likeness (QED) is 0.499. The zero-order chi connectivity index (χ0) is 20.1. The third kappa shape index (κ3) is 4.41. The molecule has 0 fully saturated rings. The van der Waals surface area contributed by atoms with Gasteiger partial charge in [0.1, 0.15) is 5.82 Å². The van der Waals surface area contributed by atoms with Crippen molar-refractivity contribution in [3.63, 3.8) is 0 Å². The first kappa shape index (κ1) is 18.6. The van der Waals surface area contributed by atoms with Crippen LogP contribution in [0.2, 0.25) is 0 Å². The van der Waals surface area contributed by atoms with E-state index in [-0.39, 0.29) is 5.91 Å². The minimum atomic E-state index is -0.154. The molecule has 0 aliphatic heterocycles. The zero-order valence-corrected chi connectivity index (χ0v) is 16.2. The van der Waals surface area contributed by atoms with E-state index >= 15 is 0 Å². The summed E-state index contributed by atoms with van der Waals surface area (Å²) in [6.45, 7) is 2.50. The number of aromatic nitrogens is 2. The molecule has 4 rings (SSSR count). The summed E-state index contributed by atoms with van der Waals surface area (Å²) in [4.78, 5) is 21.9. The molecular weight excluding hydrogens is 360 g/mol. The van der Waals surface area contributed by atoms with Crippen LogP contribution in [0.25, 0.3) is 10.9 Å². The van der Waals surface area contributed by atoms with Crippen LogP contribution in [-0.2, 0) is 13.0 Å². The predicted molar refractivity (Wildman–Crippen MR) is 116 cm³/mol. The second-order valence-corrected chi connectivity index (χ2v) is 6.75. The molecule has 0 unspecified atom stereocenters. The van der Waals surface area contributed by atoms with Crippen molar-refractivity contribution in [1.82, 2.24) is 15.3 Å². The Kier molecular flexibility index (Phi) is 5.47. The number of hydrogen-bond donors (Lipinski definition) is 2. The van der Waals surface area contributed by atoms with Gasteiger partial charge < -0.3 is 10.6 Å². The maximum absolute atomic E-state index is 12.9. The summed E-state index contributed by atoms with van der Waals surface area (Å²) < 4.78 is 0. The van der Waals surface area contributed by atoms with Crippen LogP contribution in [0.1, 0.15) is 28.5 Å². The van der Waals surface area contributed by atoms with Gasteiger partial charge in [-0.1, -0.05) is 43.3 Å². The summed E-state index contributed by atoms with van der Waals surface area (Å²) in [6.07, 6.45) is 2.71. The van der Waals surface area contributed by atoms with Crippen LogP contribution < -0.4 is 10.6 Å². The van der Waals surface area contributed by atoms with Crippen LogP contribution in [0.4, 0.5) is 11.5 Å². The SMILES string of the molecule is CCc1ccc(Nc2cc(C(=O)NCc3ccccn3)c3ccccc3n2)cc1. The molecule has 5 heteroatoms. The summed E-state index contributed by atoms with van der Waals surface area (Å²) in [6, 6.07) is 23.3. The molecule has 0 aliphatic carbocycles. The molecular formula is C24H22N4O. The smallest absolute Gasteiger partial charge is 0.252 e. The number of benzene rings is 2. The summed E-state index contributed by atoms with van der Waals surface area (Å²) in [5.41, 5.74) is 4.37. The van der Waals surface area contributed by atoms with E-state index in [4.69, 9.17) is 0 Å². The number of amides is 1. The van der Waals surface area contributed by atoms with Crippen molar-refractivity contribution in [2.45, 2.75) is 19.9 Å². The number of rotatable bonds is 6. The normalized spacial score (nSPS) is 10.7. The van der Waals surface area contributed by atoms with Gasteiger partial charge in [0.2, 0.25) is 0 Å². The van der Waals surface area contributed by atoms with Crippen molar-refractivity contribution in [3.05, 3.63) is 95.8 Å². The van der Waals surface area contributed by atoms with Gasteiger partial charge >= 0.3 is 0 Å². The number of para-hydroxylation sites is 1. The Morgan fingerprint density at radius 2 is 1.76 bits per heavy atom. The summed E-state index contributed by atoms with van der Waals surface area (Å²) >= 11 is 0. The maximum Gasteiger partial charge on any atom is 0.252 e. The van der Waals surface area contributed by atoms with Gasteiger partial charge in [-0.2, -0.15) is 0 Å². The first-order chi connectivity index (χ1) is 14.2. The highest BCUT2D eigenvalue weighted by Gasteiger charge is 2.13. The molecule has 4 aromatic rings. The van der Waals surface area contributed by atoms with Crippen LogP contribution in [0, 0.1) is 0 Å². The molecule has 0 saturated heterocycles. The van der Waals surface area contributed by atoms with Crippen molar-refractivity contribution >= 4 is 28.3 Å². The first-order valence-corrected chi connectivity index (χ1v) is 9.67. The van der Waals surface area contributed by atoms with Gasteiger partial charge in [-0.05, 0) is 48.4 Å². The minimum absolute atomic E-state index is 0.154. The Morgan fingerprint density at radius 1 is 0.966 bits per heavy atom. The highest BCUT2D eigenvalue weighted by Crippen LogP contribution is 2.23. The first-order valence-electron chi connectivity index (χ1n) is 9.67. The van der Waals surface area contributed by atoms with Gasteiger partial charge in [0.05, 0.1) is 23.3 Å². The molecule has 0 bridgehead atoms. The molecule has 0 radical (unpaired) electrons. The van der Waals surface area contributed by atoms with Crippen LogP contribution >= 0.6 is 0 Å². The van der Waals surface area contributed by atoms with E-state index in [0.29, 0.717) is 17.9 Å². The van der Waals surface area contributed by atoms with Gasteiger partial charge in [-0.3, -0.25) is 9.78 Å². The van der Waals surface area contributed by atoms with Crippen LogP contribution in [-0.4, -0.2) is 15.9 Å². The van der Waals surface area contributed by atoms with Gasteiger partial charge in [0.25, 0.3) is 5.91 Å². The van der Waals surface area contributed by atoms with E-state index in [9.17, 15) is 4.79 Å². The van der Waals surface area contributed by atoms with Crippen molar-refractivity contribution in [3.8, 4) is 0 Å². The van der Waals surface area contributed by atoms with Crippen molar-refractivity contribution in [2.24, 2.45) is 0 Å². The van der Waals surface area contributed by atoms with Gasteiger partial charge in [-0.25, -0.2) is 4.98 Å². The highest BCUT2D eigenvalue weighted by molar-refractivity contribution is 6.07. The fraction of sp³-hybridized carbons (Fsp3) is 0.125. The summed E-state index contributed by atoms with van der Waals surface area (Å²) in [7, 11) is 0. The molecule has 2 N–H and O–H groups in total. The van der Waals surface area contributed by atoms with E-state index in [2.05, 4.69) is 39.7 Å². The average molecular weight is 382 g/mol. The number of anilines is 2. The lowest BCUT2D eigenvalue weighted by atomic mass is 10.1. The van der Waals surface area contributed by atoms with E-state index < -0.39 is 0 Å². The molecule has 0 spiro atoms. The van der Waals surface area contributed by atoms with Crippen LogP contribution in [0.5, 0.6) is 0 Å². The van der Waals surface area contributed by atoms with Crippen molar-refractivity contribution < 1.29 is 4.79 Å². The second kappa shape index (κ2) is 8.52. The second-order valence-electron chi connectivity index (χ2n) is 6.75. The largest absolute Gasteiger partial charge is 0.346 e. The molecule has 5 nitrogen and oxygen atoms in total. The predicted octanol–water partition coefficient (Wildman–Crippen LogP) is 4.87. The number of pyridine rings is 2. The third-order valence-electron chi connectivity index (χ3n) is 4.75. The Balaban J connectivity index is 1.62. The molecule has 2 aromatic heterocycles. The number of hydrogen-bond acceptors (Lipinski definition) is 4. The van der Waals surface area contributed by atoms with Gasteiger partial charge in [0.15, 0.2) is 0 Å². The standard InChI is InChI=1S/C24H22N4O/c1-2-17-10-12-18(13-11-17)27-23-15-21(20-8-3-4-9-22(20)28-23)24(29)26-16-19-7-5-6-14-25-19/h3-15H,2,16H2,1H3,(H,26,29)(H,27,28). The van der Waals surface area contributed by atoms with Crippen LogP contribution in [0.15, 0.2) is 79.0 Å². The molecule has 0 saturated carbocycles. The van der Waals surface area contributed by atoms with Crippen molar-refractivity contribution in [1.29, 1.82) is 0 Å². The van der Waals surface area contributed by atoms with E-state index in [1.54, 1.807) is 12.3 Å². The number of aryl methyl sites for hydroxylation is 1. The molecule has 1 amide bonds. The van der Waals surface area contributed by atoms with E-state index in [1.165, 1.54) is 5.56 Å². The summed E-state index contributed by atoms with van der Waals surface area (Å²) in [5.74, 6) is 0.481. The number of fused-ring (bicyclic) bond motifs is 1. The Hall–Kier alpha value is -3.73. The number of carbonyl (C=O) groups excluding carboxylic acids is 1. The lowest BCUT2D eigenvalue weighted by Crippen LogP contribution is -2.23. The Morgan fingerprint density at radius 3 is 2.52 bits per heavy atom. The average Bonchev–Trinajstić information content (AvgIpc) is 2.78. The monoisotopic (exact) mass is 382 g/mol. The lowest BCUT2D eigenvalue weighted by Gasteiger charge is -2.12. The Bertz CT molecular complexity index is 1120. The maximum atomic E-state index is 12.9. The fourth-order valence-corrected chi connectivity index (χ4v) is 3.17. The number of carbonyl (C=O) groups is 1. The fourth-order valence-electron chi connectivity index (χ4n) is 3.17. The van der Waals surface area contributed by atoms with Gasteiger partial charge in [-0.15, -0.1) is 0 Å². The van der Waals surface area contributed by atoms with Crippen LogP contribution in [0.3, 0.4) is 0 Å². The molecule has 0 aliphatic rings. The highest BCUT2D eigenvalue weighted by atomic mass is 16.1. The molecule has 29 heavy (non-hydrogen) atoms. The molecule has 144 valence electrons. The lowest BCUT2D eigenvalue weighted by molar-refractivity contribution is 0.0952. The number of nitrogens with zero attached hydrogens (tertiary/aromatic N) is 2. The molecule has 2 aromatic carbocycles. The Labute approximate surface area is 169 Å². The molecule has 2 heterocycles. The number of nitrogens with one attached hydrogen (secondary N) is 2. The summed E-state index contributed by atoms with van der Waals surface area (Å²) in [5, 5.41) is 7.09. The topological polar surface area (TPSA) is 66.9 Å². The van der Waals surface area contributed by atoms with Crippen molar-refractivity contribution in [2.75, 3.05) is 5.32 Å². The molecule has 0 atom stereocenters. The minimum Gasteiger partial charge on any atom is -0.346 e. The van der Waals surface area contributed by atoms with Gasteiger partial charge in [0, 0.05) is 17.3 Å².